The van der Waals surface area contributed by atoms with Gasteiger partial charge in [-0.1, -0.05) is 6.07 Å². The second kappa shape index (κ2) is 10.1. The third-order valence-corrected chi connectivity index (χ3v) is 6.82. The van der Waals surface area contributed by atoms with E-state index in [9.17, 15) is 9.59 Å². The molecule has 0 aliphatic carbocycles. The molecule has 3 aromatic heterocycles. The van der Waals surface area contributed by atoms with Crippen LogP contribution in [0.4, 0.5) is 0 Å². The Morgan fingerprint density at radius 1 is 1.09 bits per heavy atom. The molecule has 0 bridgehead atoms. The summed E-state index contributed by atoms with van der Waals surface area (Å²) in [7, 11) is 4.37. The first-order chi connectivity index (χ1) is 16.9. The number of carbonyl (C=O) groups excluding carboxylic acids is 2. The lowest BCUT2D eigenvalue weighted by atomic mass is 10.0. The number of methoxy groups -OCH3 is 3. The van der Waals surface area contributed by atoms with Gasteiger partial charge in [0.1, 0.15) is 4.83 Å². The molecule has 0 aliphatic rings. The predicted octanol–water partition coefficient (Wildman–Crippen LogP) is 4.62. The van der Waals surface area contributed by atoms with Crippen molar-refractivity contribution in [3.8, 4) is 23.1 Å². The molecule has 182 valence electrons. The van der Waals surface area contributed by atoms with E-state index in [2.05, 4.69) is 15.3 Å². The van der Waals surface area contributed by atoms with Gasteiger partial charge in [-0.05, 0) is 49.2 Å². The van der Waals surface area contributed by atoms with Crippen molar-refractivity contribution in [1.82, 2.24) is 15.3 Å². The molecule has 1 amide bonds. The Balaban J connectivity index is 1.69. The van der Waals surface area contributed by atoms with Crippen molar-refractivity contribution in [1.29, 1.82) is 0 Å². The third-order valence-electron chi connectivity index (χ3n) is 5.63. The van der Waals surface area contributed by atoms with Gasteiger partial charge in [-0.25, -0.2) is 9.97 Å². The molecule has 4 rings (SSSR count). The van der Waals surface area contributed by atoms with Gasteiger partial charge in [-0.3, -0.25) is 9.59 Å². The van der Waals surface area contributed by atoms with Crippen molar-refractivity contribution in [3.63, 3.8) is 0 Å². The summed E-state index contributed by atoms with van der Waals surface area (Å²) in [5.41, 5.74) is 2.20. The monoisotopic (exact) mass is 495 g/mol. The highest BCUT2D eigenvalue weighted by Gasteiger charge is 2.25. The maximum atomic E-state index is 13.4. The van der Waals surface area contributed by atoms with E-state index in [1.165, 1.54) is 32.7 Å². The summed E-state index contributed by atoms with van der Waals surface area (Å²) in [6, 6.07) is 8.14. The number of ether oxygens (including phenoxy) is 3. The van der Waals surface area contributed by atoms with E-state index in [1.807, 2.05) is 13.8 Å². The van der Waals surface area contributed by atoms with Crippen molar-refractivity contribution < 1.29 is 28.2 Å². The fourth-order valence-corrected chi connectivity index (χ4v) is 5.00. The number of rotatable bonds is 8. The fraction of sp³-hybridized carbons (Fsp3) is 0.280. The van der Waals surface area contributed by atoms with Crippen molar-refractivity contribution in [3.05, 3.63) is 58.3 Å². The smallest absolute Gasteiger partial charge is 0.307 e. The van der Waals surface area contributed by atoms with Crippen LogP contribution in [0, 0.1) is 13.8 Å². The molecule has 1 atom stereocenters. The van der Waals surface area contributed by atoms with Crippen molar-refractivity contribution in [2.24, 2.45) is 0 Å². The Morgan fingerprint density at radius 3 is 2.51 bits per heavy atom. The summed E-state index contributed by atoms with van der Waals surface area (Å²) in [4.78, 5) is 35.9. The zero-order valence-corrected chi connectivity index (χ0v) is 20.8. The number of fused-ring (bicyclic) bond motifs is 1. The highest BCUT2D eigenvalue weighted by molar-refractivity contribution is 7.20. The highest BCUT2D eigenvalue weighted by Crippen LogP contribution is 2.35. The number of thiophene rings is 1. The second-order valence-electron chi connectivity index (χ2n) is 7.77. The number of aromatic nitrogens is 2. The van der Waals surface area contributed by atoms with Gasteiger partial charge in [-0.2, -0.15) is 0 Å². The molecule has 10 heteroatoms. The molecular formula is C25H25N3O6S. The van der Waals surface area contributed by atoms with Crippen LogP contribution in [0.1, 0.15) is 39.0 Å². The fourth-order valence-electron chi connectivity index (χ4n) is 3.87. The molecule has 4 aromatic rings. The molecule has 0 saturated heterocycles. The maximum absolute atomic E-state index is 13.4. The van der Waals surface area contributed by atoms with Gasteiger partial charge in [0.05, 0.1) is 50.6 Å². The molecule has 1 N–H and O–H groups in total. The van der Waals surface area contributed by atoms with E-state index < -0.39 is 12.0 Å². The average molecular weight is 496 g/mol. The molecule has 3 heterocycles. The molecule has 0 fully saturated rings. The lowest BCUT2D eigenvalue weighted by Gasteiger charge is -2.19. The van der Waals surface area contributed by atoms with Crippen molar-refractivity contribution in [2.45, 2.75) is 26.3 Å². The molecule has 0 spiro atoms. The molecule has 0 saturated carbocycles. The van der Waals surface area contributed by atoms with Crippen molar-refractivity contribution >= 4 is 33.4 Å². The van der Waals surface area contributed by atoms with Crippen LogP contribution in [0.5, 0.6) is 11.5 Å². The number of hydrogen-bond donors (Lipinski definition) is 1. The summed E-state index contributed by atoms with van der Waals surface area (Å²) in [5.74, 6) is 1.27. The minimum atomic E-state index is -0.648. The van der Waals surface area contributed by atoms with Crippen LogP contribution in [0.25, 0.3) is 21.8 Å². The van der Waals surface area contributed by atoms with Gasteiger partial charge in [0, 0.05) is 5.39 Å². The Labute approximate surface area is 206 Å². The molecule has 1 aromatic carbocycles. The van der Waals surface area contributed by atoms with E-state index in [1.54, 1.807) is 36.6 Å². The minimum absolute atomic E-state index is 0.0524. The van der Waals surface area contributed by atoms with E-state index in [-0.39, 0.29) is 12.3 Å². The van der Waals surface area contributed by atoms with Crippen LogP contribution in [-0.4, -0.2) is 43.2 Å². The summed E-state index contributed by atoms with van der Waals surface area (Å²) < 4.78 is 21.0. The second-order valence-corrected chi connectivity index (χ2v) is 8.77. The Hall–Kier alpha value is -3.92. The van der Waals surface area contributed by atoms with Crippen LogP contribution < -0.4 is 14.8 Å². The van der Waals surface area contributed by atoms with E-state index in [0.717, 1.165) is 16.6 Å². The number of aryl methyl sites for hydroxylation is 2. The normalized spacial score (nSPS) is 11.8. The van der Waals surface area contributed by atoms with Gasteiger partial charge in [0.15, 0.2) is 23.1 Å². The number of nitrogens with zero attached hydrogens (tertiary/aromatic N) is 2. The summed E-state index contributed by atoms with van der Waals surface area (Å²) in [6.07, 6.45) is 1.51. The number of benzene rings is 1. The van der Waals surface area contributed by atoms with E-state index in [4.69, 9.17) is 18.6 Å². The van der Waals surface area contributed by atoms with Crippen LogP contribution in [-0.2, 0) is 9.53 Å². The summed E-state index contributed by atoms with van der Waals surface area (Å²) in [6.45, 7) is 3.74. The lowest BCUT2D eigenvalue weighted by molar-refractivity contribution is -0.141. The third kappa shape index (κ3) is 4.83. The highest BCUT2D eigenvalue weighted by atomic mass is 32.1. The lowest BCUT2D eigenvalue weighted by Crippen LogP contribution is -2.30. The van der Waals surface area contributed by atoms with Gasteiger partial charge < -0.3 is 23.9 Å². The summed E-state index contributed by atoms with van der Waals surface area (Å²) in [5, 5.41) is 3.80. The zero-order valence-electron chi connectivity index (χ0n) is 20.0. The first kappa shape index (κ1) is 24.2. The van der Waals surface area contributed by atoms with Crippen LogP contribution in [0.15, 0.2) is 41.0 Å². The van der Waals surface area contributed by atoms with Gasteiger partial charge in [-0.15, -0.1) is 11.3 Å². The standard InChI is InChI=1S/C25H25N3O6S/c1-13-21-14(2)26-23(18-7-6-10-34-18)28-25(21)35-22(13)24(30)27-16(12-20(29)33-5)15-8-9-17(31-3)19(11-15)32-4/h6-11,16H,12H2,1-5H3,(H,27,30). The van der Waals surface area contributed by atoms with Crippen LogP contribution in [0.2, 0.25) is 0 Å². The predicted molar refractivity (Wildman–Crippen MR) is 131 cm³/mol. The van der Waals surface area contributed by atoms with E-state index in [0.29, 0.717) is 38.4 Å². The number of furan rings is 1. The molecule has 0 aliphatic heterocycles. The number of nitrogens with one attached hydrogen (secondary N) is 1. The first-order valence-corrected chi connectivity index (χ1v) is 11.6. The molecule has 1 unspecified atom stereocenters. The van der Waals surface area contributed by atoms with Gasteiger partial charge >= 0.3 is 5.97 Å². The number of esters is 1. The SMILES string of the molecule is COC(=O)CC(NC(=O)c1sc2nc(-c3ccco3)nc(C)c2c1C)c1ccc(OC)c(OC)c1. The number of amides is 1. The molecule has 9 nitrogen and oxygen atoms in total. The first-order valence-electron chi connectivity index (χ1n) is 10.8. The Kier molecular flexibility index (Phi) is 7.02. The average Bonchev–Trinajstić information content (AvgIpc) is 3.51. The Bertz CT molecular complexity index is 1380. The molecular weight excluding hydrogens is 470 g/mol. The van der Waals surface area contributed by atoms with Gasteiger partial charge in [0.25, 0.3) is 5.91 Å². The largest absolute Gasteiger partial charge is 0.493 e. The molecule has 35 heavy (non-hydrogen) atoms. The van der Waals surface area contributed by atoms with Gasteiger partial charge in [0.2, 0.25) is 0 Å². The Morgan fingerprint density at radius 2 is 1.86 bits per heavy atom. The van der Waals surface area contributed by atoms with Crippen molar-refractivity contribution in [2.75, 3.05) is 21.3 Å². The minimum Gasteiger partial charge on any atom is -0.493 e. The quantitative estimate of drug-likeness (QED) is 0.352. The van der Waals surface area contributed by atoms with Crippen LogP contribution >= 0.6 is 11.3 Å². The zero-order chi connectivity index (χ0) is 25.1. The summed E-state index contributed by atoms with van der Waals surface area (Å²) >= 11 is 1.27. The van der Waals surface area contributed by atoms with E-state index >= 15 is 0 Å². The maximum Gasteiger partial charge on any atom is 0.307 e. The topological polar surface area (TPSA) is 113 Å². The number of hydrogen-bond acceptors (Lipinski definition) is 9. The number of carbonyl (C=O) groups is 2. The molecule has 0 radical (unpaired) electrons. The van der Waals surface area contributed by atoms with Crippen LogP contribution in [0.3, 0.4) is 0 Å².